The van der Waals surface area contributed by atoms with Crippen LogP contribution in [0.25, 0.3) is 0 Å². The van der Waals surface area contributed by atoms with Crippen molar-refractivity contribution in [2.45, 2.75) is 32.0 Å². The molecule has 1 aliphatic rings. The number of hydrogen-bond acceptors (Lipinski definition) is 2. The standard InChI is InChI=1S/C19H23ClN2.2ClH/c20-18-8-4-7-17(13-18)14-21-19-9-11-22(12-10-19)15-16-5-2-1-3-6-16;;/h1-8,13,19,21H,9-12,14-15H2;2*1H. The van der Waals surface area contributed by atoms with Crippen LogP contribution in [0.2, 0.25) is 5.02 Å². The molecule has 0 unspecified atom stereocenters. The molecule has 0 radical (unpaired) electrons. The lowest BCUT2D eigenvalue weighted by Crippen LogP contribution is -2.41. The Hall–Kier alpha value is -0.770. The highest BCUT2D eigenvalue weighted by atomic mass is 35.5. The normalized spacial score (nSPS) is 15.4. The summed E-state index contributed by atoms with van der Waals surface area (Å²) in [5.41, 5.74) is 2.67. The maximum atomic E-state index is 6.03. The Kier molecular flexibility index (Phi) is 9.72. The fourth-order valence-corrected chi connectivity index (χ4v) is 3.26. The predicted molar refractivity (Wildman–Crippen MR) is 108 cm³/mol. The Bertz CT molecular complexity index is 584. The number of benzene rings is 2. The van der Waals surface area contributed by atoms with Gasteiger partial charge in [-0.15, -0.1) is 24.8 Å². The van der Waals surface area contributed by atoms with Crippen molar-refractivity contribution < 1.29 is 0 Å². The number of rotatable bonds is 5. The molecule has 1 heterocycles. The van der Waals surface area contributed by atoms with E-state index in [9.17, 15) is 0 Å². The molecule has 0 saturated carbocycles. The summed E-state index contributed by atoms with van der Waals surface area (Å²) in [5, 5.41) is 4.48. The average Bonchev–Trinajstić information content (AvgIpc) is 2.55. The molecule has 0 aliphatic carbocycles. The average molecular weight is 388 g/mol. The summed E-state index contributed by atoms with van der Waals surface area (Å²) in [6.45, 7) is 4.32. The van der Waals surface area contributed by atoms with Gasteiger partial charge in [0.2, 0.25) is 0 Å². The van der Waals surface area contributed by atoms with Crippen molar-refractivity contribution in [3.63, 3.8) is 0 Å². The van der Waals surface area contributed by atoms with Crippen molar-refractivity contribution in [3.05, 3.63) is 70.7 Å². The van der Waals surface area contributed by atoms with Gasteiger partial charge in [-0.25, -0.2) is 0 Å². The monoisotopic (exact) mass is 386 g/mol. The predicted octanol–water partition coefficient (Wildman–Crippen LogP) is 4.94. The van der Waals surface area contributed by atoms with Crippen LogP contribution in [0.5, 0.6) is 0 Å². The van der Waals surface area contributed by atoms with E-state index in [4.69, 9.17) is 11.6 Å². The largest absolute Gasteiger partial charge is 0.310 e. The first kappa shape index (κ1) is 21.3. The lowest BCUT2D eigenvalue weighted by atomic mass is 10.0. The third-order valence-electron chi connectivity index (χ3n) is 4.32. The zero-order chi connectivity index (χ0) is 15.2. The third kappa shape index (κ3) is 6.62. The lowest BCUT2D eigenvalue weighted by molar-refractivity contribution is 0.190. The molecule has 24 heavy (non-hydrogen) atoms. The Balaban J connectivity index is 0.00000144. The fourth-order valence-electron chi connectivity index (χ4n) is 3.05. The number of nitrogens with one attached hydrogen (secondary N) is 1. The van der Waals surface area contributed by atoms with Gasteiger partial charge in [0.25, 0.3) is 0 Å². The van der Waals surface area contributed by atoms with Gasteiger partial charge in [-0.1, -0.05) is 54.1 Å². The van der Waals surface area contributed by atoms with E-state index >= 15 is 0 Å². The Morgan fingerprint density at radius 3 is 2.25 bits per heavy atom. The maximum Gasteiger partial charge on any atom is 0.0409 e. The van der Waals surface area contributed by atoms with Crippen LogP contribution in [0.4, 0.5) is 0 Å². The SMILES string of the molecule is Cl.Cl.Clc1cccc(CNC2CCN(Cc3ccccc3)CC2)c1. The zero-order valence-electron chi connectivity index (χ0n) is 13.7. The first-order valence-corrected chi connectivity index (χ1v) is 8.41. The first-order chi connectivity index (χ1) is 10.8. The van der Waals surface area contributed by atoms with Crippen molar-refractivity contribution >= 4 is 36.4 Å². The van der Waals surface area contributed by atoms with Crippen LogP contribution in [-0.4, -0.2) is 24.0 Å². The number of likely N-dealkylation sites (tertiary alicyclic amines) is 1. The summed E-state index contributed by atoms with van der Waals surface area (Å²) in [4.78, 5) is 2.55. The summed E-state index contributed by atoms with van der Waals surface area (Å²) in [6.07, 6.45) is 2.43. The minimum absolute atomic E-state index is 0. The molecule has 0 bridgehead atoms. The lowest BCUT2D eigenvalue weighted by Gasteiger charge is -2.32. The minimum Gasteiger partial charge on any atom is -0.310 e. The van der Waals surface area contributed by atoms with Crippen molar-refractivity contribution in [2.75, 3.05) is 13.1 Å². The second-order valence-corrected chi connectivity index (χ2v) is 6.48. The molecule has 2 aromatic carbocycles. The summed E-state index contributed by atoms with van der Waals surface area (Å²) in [7, 11) is 0. The van der Waals surface area contributed by atoms with Crippen molar-refractivity contribution in [1.29, 1.82) is 0 Å². The number of hydrogen-bond donors (Lipinski definition) is 1. The van der Waals surface area contributed by atoms with Crippen LogP contribution in [0.3, 0.4) is 0 Å². The van der Waals surface area contributed by atoms with Gasteiger partial charge in [0.05, 0.1) is 0 Å². The molecular formula is C19H25Cl3N2. The van der Waals surface area contributed by atoms with Gasteiger partial charge < -0.3 is 5.32 Å². The van der Waals surface area contributed by atoms with E-state index in [2.05, 4.69) is 46.6 Å². The molecular weight excluding hydrogens is 363 g/mol. The number of halogens is 3. The maximum absolute atomic E-state index is 6.03. The van der Waals surface area contributed by atoms with E-state index in [1.54, 1.807) is 0 Å². The smallest absolute Gasteiger partial charge is 0.0409 e. The van der Waals surface area contributed by atoms with Gasteiger partial charge >= 0.3 is 0 Å². The van der Waals surface area contributed by atoms with Crippen LogP contribution in [0.15, 0.2) is 54.6 Å². The van der Waals surface area contributed by atoms with E-state index < -0.39 is 0 Å². The van der Waals surface area contributed by atoms with E-state index in [1.165, 1.54) is 37.1 Å². The third-order valence-corrected chi connectivity index (χ3v) is 4.56. The molecule has 1 aliphatic heterocycles. The summed E-state index contributed by atoms with van der Waals surface area (Å²) in [6, 6.07) is 19.5. The minimum atomic E-state index is 0. The first-order valence-electron chi connectivity index (χ1n) is 8.04. The zero-order valence-corrected chi connectivity index (χ0v) is 16.0. The van der Waals surface area contributed by atoms with Crippen molar-refractivity contribution in [1.82, 2.24) is 10.2 Å². The molecule has 0 aromatic heterocycles. The molecule has 0 atom stereocenters. The Labute approximate surface area is 162 Å². The van der Waals surface area contributed by atoms with E-state index in [1.807, 2.05) is 18.2 Å². The highest BCUT2D eigenvalue weighted by Crippen LogP contribution is 2.15. The quantitative estimate of drug-likeness (QED) is 0.782. The second kappa shape index (κ2) is 11.0. The van der Waals surface area contributed by atoms with Crippen LogP contribution in [0.1, 0.15) is 24.0 Å². The Morgan fingerprint density at radius 2 is 1.58 bits per heavy atom. The van der Waals surface area contributed by atoms with Crippen LogP contribution in [-0.2, 0) is 13.1 Å². The van der Waals surface area contributed by atoms with Gasteiger partial charge in [-0.3, -0.25) is 4.90 Å². The van der Waals surface area contributed by atoms with Gasteiger partial charge in [0.15, 0.2) is 0 Å². The topological polar surface area (TPSA) is 15.3 Å². The summed E-state index contributed by atoms with van der Waals surface area (Å²) < 4.78 is 0. The van der Waals surface area contributed by atoms with Crippen molar-refractivity contribution in [2.24, 2.45) is 0 Å². The number of piperidine rings is 1. The highest BCUT2D eigenvalue weighted by molar-refractivity contribution is 6.30. The molecule has 0 spiro atoms. The summed E-state index contributed by atoms with van der Waals surface area (Å²) in [5.74, 6) is 0. The van der Waals surface area contributed by atoms with Gasteiger partial charge in [0, 0.05) is 24.2 Å². The van der Waals surface area contributed by atoms with Crippen LogP contribution >= 0.6 is 36.4 Å². The molecule has 132 valence electrons. The van der Waals surface area contributed by atoms with Crippen LogP contribution in [0, 0.1) is 0 Å². The van der Waals surface area contributed by atoms with Gasteiger partial charge in [-0.2, -0.15) is 0 Å². The molecule has 5 heteroatoms. The number of nitrogens with zero attached hydrogens (tertiary/aromatic N) is 1. The molecule has 1 N–H and O–H groups in total. The molecule has 0 amide bonds. The van der Waals surface area contributed by atoms with Crippen LogP contribution < -0.4 is 5.32 Å². The van der Waals surface area contributed by atoms with Gasteiger partial charge in [0.1, 0.15) is 0 Å². The second-order valence-electron chi connectivity index (χ2n) is 6.05. The van der Waals surface area contributed by atoms with Gasteiger partial charge in [-0.05, 0) is 49.2 Å². The molecule has 1 fully saturated rings. The Morgan fingerprint density at radius 1 is 0.917 bits per heavy atom. The highest BCUT2D eigenvalue weighted by Gasteiger charge is 2.18. The van der Waals surface area contributed by atoms with E-state index in [-0.39, 0.29) is 24.8 Å². The fraction of sp³-hybridized carbons (Fsp3) is 0.368. The molecule has 1 saturated heterocycles. The van der Waals surface area contributed by atoms with E-state index in [0.717, 1.165) is 18.1 Å². The molecule has 2 aromatic rings. The van der Waals surface area contributed by atoms with E-state index in [0.29, 0.717) is 6.04 Å². The molecule has 2 nitrogen and oxygen atoms in total. The van der Waals surface area contributed by atoms with Crippen molar-refractivity contribution in [3.8, 4) is 0 Å². The summed E-state index contributed by atoms with van der Waals surface area (Å²) >= 11 is 6.03. The molecule has 3 rings (SSSR count).